The van der Waals surface area contributed by atoms with Crippen molar-refractivity contribution in [3.8, 4) is 0 Å². The van der Waals surface area contributed by atoms with Gasteiger partial charge in [-0.1, -0.05) is 6.92 Å². The van der Waals surface area contributed by atoms with Gasteiger partial charge in [0.25, 0.3) is 0 Å². The number of pyridine rings is 1. The molecule has 98 valence electrons. The van der Waals surface area contributed by atoms with Crippen LogP contribution in [0, 0.1) is 0 Å². The molecule has 0 amide bonds. The molecule has 0 radical (unpaired) electrons. The number of hydrogen-bond acceptors (Lipinski definition) is 3. The number of halogens is 2. The van der Waals surface area contributed by atoms with Gasteiger partial charge in [-0.15, -0.1) is 23.2 Å². The normalized spacial score (nSPS) is 12.0. The summed E-state index contributed by atoms with van der Waals surface area (Å²) in [6, 6.07) is 1.93. The third kappa shape index (κ3) is 2.27. The molecule has 4 nitrogen and oxygen atoms in total. The van der Waals surface area contributed by atoms with Crippen LogP contribution in [0.2, 0.25) is 0 Å². The molecule has 2 aromatic rings. The fourth-order valence-corrected chi connectivity index (χ4v) is 2.58. The summed E-state index contributed by atoms with van der Waals surface area (Å²) in [6.45, 7) is 2.05. The molecule has 2 rings (SSSR count). The van der Waals surface area contributed by atoms with Crippen LogP contribution >= 0.6 is 23.2 Å². The van der Waals surface area contributed by atoms with Crippen molar-refractivity contribution in [1.29, 1.82) is 0 Å². The highest BCUT2D eigenvalue weighted by Crippen LogP contribution is 2.25. The van der Waals surface area contributed by atoms with E-state index in [-0.39, 0.29) is 5.54 Å². The Morgan fingerprint density at radius 3 is 2.67 bits per heavy atom. The maximum absolute atomic E-state index is 6.03. The van der Waals surface area contributed by atoms with Gasteiger partial charge in [0.15, 0.2) is 5.82 Å². The lowest BCUT2D eigenvalue weighted by atomic mass is 10.0. The average Bonchev–Trinajstić information content (AvgIpc) is 2.79. The van der Waals surface area contributed by atoms with E-state index < -0.39 is 0 Å². The number of fused-ring (bicyclic) bond motifs is 1. The van der Waals surface area contributed by atoms with E-state index >= 15 is 0 Å². The van der Waals surface area contributed by atoms with Crippen LogP contribution in [-0.4, -0.2) is 31.8 Å². The molecule has 0 spiro atoms. The monoisotopic (exact) mass is 286 g/mol. The van der Waals surface area contributed by atoms with E-state index in [0.717, 1.165) is 23.3 Å². The first-order valence-corrected chi connectivity index (χ1v) is 6.89. The average molecular weight is 287 g/mol. The fourth-order valence-electron chi connectivity index (χ4n) is 1.78. The zero-order valence-electron chi connectivity index (χ0n) is 10.5. The van der Waals surface area contributed by atoms with E-state index in [4.69, 9.17) is 23.2 Å². The maximum atomic E-state index is 6.03. The number of nitrogens with one attached hydrogen (secondary N) is 1. The molecule has 0 bridgehead atoms. The Balaban J connectivity index is 2.42. The number of imidazole rings is 1. The van der Waals surface area contributed by atoms with E-state index in [1.165, 1.54) is 0 Å². The van der Waals surface area contributed by atoms with Gasteiger partial charge < -0.3 is 9.88 Å². The summed E-state index contributed by atoms with van der Waals surface area (Å²) in [5, 5.41) is 3.35. The van der Waals surface area contributed by atoms with Gasteiger partial charge in [-0.2, -0.15) is 0 Å². The molecule has 2 aromatic heterocycles. The highest BCUT2D eigenvalue weighted by Gasteiger charge is 2.27. The third-order valence-corrected chi connectivity index (χ3v) is 4.24. The van der Waals surface area contributed by atoms with Crippen molar-refractivity contribution in [2.75, 3.05) is 17.1 Å². The molecular weight excluding hydrogens is 271 g/mol. The predicted octanol–water partition coefficient (Wildman–Crippen LogP) is 3.01. The third-order valence-electron chi connectivity index (χ3n) is 3.21. The molecule has 2 heterocycles. The van der Waals surface area contributed by atoms with Crippen molar-refractivity contribution < 1.29 is 0 Å². The Bertz CT molecular complexity index is 526. The first-order chi connectivity index (χ1) is 8.65. The number of aromatic nitrogens is 3. The van der Waals surface area contributed by atoms with Crippen molar-refractivity contribution >= 4 is 40.1 Å². The summed E-state index contributed by atoms with van der Waals surface area (Å²) in [5.41, 5.74) is 1.52. The van der Waals surface area contributed by atoms with Crippen LogP contribution in [0.4, 0.5) is 5.82 Å². The van der Waals surface area contributed by atoms with Crippen LogP contribution in [0.25, 0.3) is 11.0 Å². The minimum absolute atomic E-state index is 0.345. The van der Waals surface area contributed by atoms with Crippen molar-refractivity contribution in [1.82, 2.24) is 14.5 Å². The molecule has 0 aliphatic rings. The van der Waals surface area contributed by atoms with Gasteiger partial charge >= 0.3 is 0 Å². The van der Waals surface area contributed by atoms with E-state index in [9.17, 15) is 0 Å². The Morgan fingerprint density at radius 2 is 2.06 bits per heavy atom. The van der Waals surface area contributed by atoms with Crippen LogP contribution in [0.1, 0.15) is 13.3 Å². The highest BCUT2D eigenvalue weighted by molar-refractivity contribution is 6.22. The summed E-state index contributed by atoms with van der Waals surface area (Å²) >= 11 is 12.1. The molecule has 0 saturated carbocycles. The second-order valence-corrected chi connectivity index (χ2v) is 4.94. The van der Waals surface area contributed by atoms with Crippen LogP contribution in [0.5, 0.6) is 0 Å². The van der Waals surface area contributed by atoms with Gasteiger partial charge in [0.05, 0.1) is 17.4 Å². The Kier molecular flexibility index (Phi) is 3.97. The first-order valence-electron chi connectivity index (χ1n) is 5.82. The van der Waals surface area contributed by atoms with Gasteiger partial charge in [-0.25, -0.2) is 9.97 Å². The standard InChI is InChI=1S/C12H16Cl2N4/c1-3-12(6-13,7-14)17-11-10-9(4-5-15-11)18(2)8-16-10/h4-5,8H,3,6-7H2,1-2H3,(H,15,17). The molecule has 0 aliphatic carbocycles. The molecule has 0 atom stereocenters. The number of hydrogen-bond donors (Lipinski definition) is 1. The van der Waals surface area contributed by atoms with Crippen molar-refractivity contribution in [3.05, 3.63) is 18.6 Å². The van der Waals surface area contributed by atoms with Crippen LogP contribution < -0.4 is 5.32 Å². The summed E-state index contributed by atoms with van der Waals surface area (Å²) in [6.07, 6.45) is 4.35. The second kappa shape index (κ2) is 5.33. The predicted molar refractivity (Wildman–Crippen MR) is 76.6 cm³/mol. The molecule has 0 aliphatic heterocycles. The molecule has 0 unspecified atom stereocenters. The molecule has 18 heavy (non-hydrogen) atoms. The quantitative estimate of drug-likeness (QED) is 0.860. The topological polar surface area (TPSA) is 42.7 Å². The summed E-state index contributed by atoms with van der Waals surface area (Å²) in [7, 11) is 1.95. The Morgan fingerprint density at radius 1 is 1.33 bits per heavy atom. The summed E-state index contributed by atoms with van der Waals surface area (Å²) in [5.74, 6) is 1.59. The number of aryl methyl sites for hydroxylation is 1. The number of nitrogens with zero attached hydrogens (tertiary/aromatic N) is 3. The fraction of sp³-hybridized carbons (Fsp3) is 0.500. The van der Waals surface area contributed by atoms with E-state index in [0.29, 0.717) is 11.8 Å². The molecule has 1 N–H and O–H groups in total. The Hall–Kier alpha value is -1.00. The molecule has 0 fully saturated rings. The summed E-state index contributed by atoms with van der Waals surface area (Å²) in [4.78, 5) is 8.70. The zero-order chi connectivity index (χ0) is 13.2. The number of alkyl halides is 2. The van der Waals surface area contributed by atoms with Gasteiger partial charge in [0.2, 0.25) is 0 Å². The lowest BCUT2D eigenvalue weighted by Crippen LogP contribution is -2.42. The lowest BCUT2D eigenvalue weighted by Gasteiger charge is -2.30. The number of anilines is 1. The smallest absolute Gasteiger partial charge is 0.154 e. The maximum Gasteiger partial charge on any atom is 0.154 e. The van der Waals surface area contributed by atoms with E-state index in [1.807, 2.05) is 17.7 Å². The van der Waals surface area contributed by atoms with Crippen molar-refractivity contribution in [3.63, 3.8) is 0 Å². The van der Waals surface area contributed by atoms with E-state index in [1.54, 1.807) is 12.5 Å². The second-order valence-electron chi connectivity index (χ2n) is 4.41. The van der Waals surface area contributed by atoms with Gasteiger partial charge in [-0.3, -0.25) is 0 Å². The Labute approximate surface area is 116 Å². The number of rotatable bonds is 5. The van der Waals surface area contributed by atoms with Crippen molar-refractivity contribution in [2.45, 2.75) is 18.9 Å². The zero-order valence-corrected chi connectivity index (χ0v) is 12.0. The van der Waals surface area contributed by atoms with Crippen LogP contribution in [0.3, 0.4) is 0 Å². The van der Waals surface area contributed by atoms with Gasteiger partial charge in [0.1, 0.15) is 5.52 Å². The molecule has 6 heteroatoms. The lowest BCUT2D eigenvalue weighted by molar-refractivity contribution is 0.558. The first kappa shape index (κ1) is 13.4. The largest absolute Gasteiger partial charge is 0.360 e. The SMILES string of the molecule is CCC(CCl)(CCl)Nc1nccc2c1ncn2C. The van der Waals surface area contributed by atoms with E-state index in [2.05, 4.69) is 22.2 Å². The molecular formula is C12H16Cl2N4. The van der Waals surface area contributed by atoms with Crippen LogP contribution in [0.15, 0.2) is 18.6 Å². The minimum atomic E-state index is -0.345. The summed E-state index contributed by atoms with van der Waals surface area (Å²) < 4.78 is 1.96. The van der Waals surface area contributed by atoms with Gasteiger partial charge in [-0.05, 0) is 12.5 Å². The van der Waals surface area contributed by atoms with Crippen LogP contribution in [-0.2, 0) is 7.05 Å². The minimum Gasteiger partial charge on any atom is -0.360 e. The molecule has 0 saturated heterocycles. The van der Waals surface area contributed by atoms with Gasteiger partial charge in [0, 0.05) is 25.0 Å². The molecule has 0 aromatic carbocycles. The highest BCUT2D eigenvalue weighted by atomic mass is 35.5. The van der Waals surface area contributed by atoms with Crippen molar-refractivity contribution in [2.24, 2.45) is 7.05 Å².